The summed E-state index contributed by atoms with van der Waals surface area (Å²) >= 11 is 19.1. The van der Waals surface area contributed by atoms with Gasteiger partial charge in [0.25, 0.3) is 0 Å². The molecule has 0 unspecified atom stereocenters. The molecule has 0 saturated heterocycles. The van der Waals surface area contributed by atoms with E-state index in [1.54, 1.807) is 12.1 Å². The summed E-state index contributed by atoms with van der Waals surface area (Å²) in [5, 5.41) is 4.91. The number of nitrogens with zero attached hydrogens (tertiary/aromatic N) is 1. The lowest BCUT2D eigenvalue weighted by atomic mass is 10.2. The fourth-order valence-electron chi connectivity index (χ4n) is 2.08. The lowest BCUT2D eigenvalue weighted by Gasteiger charge is -2.16. The van der Waals surface area contributed by atoms with Crippen LogP contribution in [0.5, 0.6) is 11.5 Å². The largest absolute Gasteiger partial charge is 0.490 e. The number of hydrogen-bond acceptors (Lipinski definition) is 5. The number of rotatable bonds is 13. The van der Waals surface area contributed by atoms with E-state index >= 15 is 0 Å². The summed E-state index contributed by atoms with van der Waals surface area (Å²) in [4.78, 5) is 5.35. The van der Waals surface area contributed by atoms with Crippen LogP contribution in [0.4, 0.5) is 0 Å². The number of hydrogen-bond donors (Lipinski definition) is 0. The zero-order valence-corrected chi connectivity index (χ0v) is 22.5. The number of benzene rings is 1. The van der Waals surface area contributed by atoms with E-state index < -0.39 is 0 Å². The third kappa shape index (κ3) is 13.1. The van der Waals surface area contributed by atoms with Gasteiger partial charge in [-0.25, -0.2) is 0 Å². The van der Waals surface area contributed by atoms with Crippen molar-refractivity contribution in [2.24, 2.45) is 5.16 Å². The van der Waals surface area contributed by atoms with Crippen molar-refractivity contribution in [1.29, 1.82) is 0 Å². The van der Waals surface area contributed by atoms with Gasteiger partial charge in [-0.05, 0) is 84.9 Å². The van der Waals surface area contributed by atoms with Crippen LogP contribution in [0.15, 0.2) is 26.8 Å². The van der Waals surface area contributed by atoms with Gasteiger partial charge in [0.05, 0.1) is 32.4 Å². The molecule has 9 heteroatoms. The van der Waals surface area contributed by atoms with E-state index in [-0.39, 0.29) is 5.60 Å². The minimum atomic E-state index is -0.289. The monoisotopic (exact) mass is 587 g/mol. The number of oxime groups is 1. The van der Waals surface area contributed by atoms with Crippen LogP contribution in [-0.4, -0.2) is 37.7 Å². The average molecular weight is 590 g/mol. The van der Waals surface area contributed by atoms with Gasteiger partial charge in [-0.3, -0.25) is 0 Å². The van der Waals surface area contributed by atoms with E-state index in [4.69, 9.17) is 42.3 Å². The van der Waals surface area contributed by atoms with Crippen LogP contribution in [0.3, 0.4) is 0 Å². The molecule has 0 amide bonds. The van der Waals surface area contributed by atoms with Gasteiger partial charge in [0.15, 0.2) is 5.75 Å². The summed E-state index contributed by atoms with van der Waals surface area (Å²) in [6, 6.07) is 3.39. The first-order chi connectivity index (χ1) is 14.1. The first kappa shape index (κ1) is 27.6. The van der Waals surface area contributed by atoms with Crippen LogP contribution in [0, 0.1) is 0 Å². The lowest BCUT2D eigenvalue weighted by Crippen LogP contribution is -2.17. The van der Waals surface area contributed by atoms with Crippen molar-refractivity contribution in [2.45, 2.75) is 52.6 Å². The molecule has 0 N–H and O–H groups in total. The predicted octanol–water partition coefficient (Wildman–Crippen LogP) is 7.76. The minimum Gasteiger partial charge on any atom is -0.490 e. The molecule has 0 radical (unpaired) electrons. The molecule has 0 heterocycles. The fraction of sp³-hybridized carbons (Fsp3) is 0.571. The van der Waals surface area contributed by atoms with Crippen molar-refractivity contribution < 1.29 is 19.0 Å². The smallest absolute Gasteiger partial charge is 0.156 e. The van der Waals surface area contributed by atoms with Gasteiger partial charge in [0.1, 0.15) is 18.0 Å². The van der Waals surface area contributed by atoms with Gasteiger partial charge in [0.2, 0.25) is 0 Å². The summed E-state index contributed by atoms with van der Waals surface area (Å²) in [6.07, 6.45) is 4.60. The Bertz CT molecular complexity index is 694. The highest BCUT2D eigenvalue weighted by Gasteiger charge is 2.11. The summed E-state index contributed by atoms with van der Waals surface area (Å²) in [7, 11) is 0. The van der Waals surface area contributed by atoms with E-state index in [2.05, 4.69) is 37.0 Å². The van der Waals surface area contributed by atoms with Crippen molar-refractivity contribution >= 4 is 60.8 Å². The molecule has 5 nitrogen and oxygen atoms in total. The Morgan fingerprint density at radius 2 is 1.67 bits per heavy atom. The van der Waals surface area contributed by atoms with Crippen LogP contribution in [0.1, 0.15) is 47.0 Å². The highest BCUT2D eigenvalue weighted by atomic mass is 79.9. The van der Waals surface area contributed by atoms with Crippen LogP contribution < -0.4 is 9.47 Å². The molecule has 0 saturated carbocycles. The third-order valence-corrected chi connectivity index (χ3v) is 4.63. The molecule has 0 spiro atoms. The molecule has 0 bridgehead atoms. The van der Waals surface area contributed by atoms with Crippen molar-refractivity contribution in [3.63, 3.8) is 0 Å². The highest BCUT2D eigenvalue weighted by molar-refractivity contribution is 9.28. The Labute approximate surface area is 206 Å². The maximum Gasteiger partial charge on any atom is 0.156 e. The van der Waals surface area contributed by atoms with Crippen LogP contribution in [0.2, 0.25) is 10.0 Å². The van der Waals surface area contributed by atoms with Crippen molar-refractivity contribution in [3.8, 4) is 11.5 Å². The summed E-state index contributed by atoms with van der Waals surface area (Å²) in [5.41, 5.74) is 0.531. The molecule has 0 aliphatic rings. The maximum absolute atomic E-state index is 6.28. The number of ether oxygens (including phenoxy) is 3. The Kier molecular flexibility index (Phi) is 13.4. The molecule has 1 aromatic rings. The van der Waals surface area contributed by atoms with Crippen molar-refractivity contribution in [2.75, 3.05) is 26.4 Å². The van der Waals surface area contributed by atoms with Crippen molar-refractivity contribution in [1.82, 2.24) is 0 Å². The zero-order valence-electron chi connectivity index (χ0n) is 17.8. The standard InChI is InChI=1S/C21H29Br2Cl2NO4/c1-15(26-30-21(2,3)4)14-27-9-6-5-7-10-29-20-17(24)12-16(13-18(20)25)28-11-8-19(22)23/h8,12-13H,5-7,9-11,14H2,1-4H3. The van der Waals surface area contributed by atoms with E-state index in [0.29, 0.717) is 48.0 Å². The average Bonchev–Trinajstić information content (AvgIpc) is 2.63. The first-order valence-corrected chi connectivity index (χ1v) is 12.0. The summed E-state index contributed by atoms with van der Waals surface area (Å²) < 4.78 is 17.7. The Balaban J connectivity index is 2.24. The van der Waals surface area contributed by atoms with E-state index in [0.717, 1.165) is 28.4 Å². The van der Waals surface area contributed by atoms with E-state index in [9.17, 15) is 0 Å². The van der Waals surface area contributed by atoms with Gasteiger partial charge < -0.3 is 19.0 Å². The van der Waals surface area contributed by atoms with Crippen LogP contribution in [-0.2, 0) is 9.57 Å². The zero-order chi connectivity index (χ0) is 22.6. The minimum absolute atomic E-state index is 0.289. The van der Waals surface area contributed by atoms with Gasteiger partial charge in [-0.15, -0.1) is 0 Å². The Morgan fingerprint density at radius 1 is 1.03 bits per heavy atom. The Hall–Kier alpha value is -0.470. The normalized spacial score (nSPS) is 11.9. The first-order valence-electron chi connectivity index (χ1n) is 9.63. The molecule has 0 atom stereocenters. The topological polar surface area (TPSA) is 49.3 Å². The molecule has 1 aromatic carbocycles. The molecule has 170 valence electrons. The molecule has 0 aromatic heterocycles. The van der Waals surface area contributed by atoms with Crippen LogP contribution >= 0.6 is 55.1 Å². The van der Waals surface area contributed by atoms with Gasteiger partial charge in [-0.2, -0.15) is 0 Å². The third-order valence-electron chi connectivity index (χ3n) is 3.43. The summed E-state index contributed by atoms with van der Waals surface area (Å²) in [5.74, 6) is 1.06. The highest BCUT2D eigenvalue weighted by Crippen LogP contribution is 2.37. The molecule has 1 rings (SSSR count). The second kappa shape index (κ2) is 14.6. The molecule has 0 aliphatic carbocycles. The van der Waals surface area contributed by atoms with Gasteiger partial charge >= 0.3 is 0 Å². The predicted molar refractivity (Wildman–Crippen MR) is 132 cm³/mol. The molecule has 0 aliphatic heterocycles. The second-order valence-corrected chi connectivity index (χ2v) is 11.1. The molecule has 30 heavy (non-hydrogen) atoms. The SMILES string of the molecule is CC(COCCCCCOc1c(Cl)cc(OCC=C(Br)Br)cc1Cl)=NOC(C)(C)C. The van der Waals surface area contributed by atoms with E-state index in [1.807, 2.05) is 33.8 Å². The molecular weight excluding hydrogens is 561 g/mol. The van der Waals surface area contributed by atoms with Gasteiger partial charge in [0, 0.05) is 18.7 Å². The maximum atomic E-state index is 6.28. The second-order valence-electron chi connectivity index (χ2n) is 7.51. The molecular formula is C21H29Br2Cl2NO4. The van der Waals surface area contributed by atoms with E-state index in [1.165, 1.54) is 0 Å². The lowest BCUT2D eigenvalue weighted by molar-refractivity contribution is -0.000649. The van der Waals surface area contributed by atoms with Crippen molar-refractivity contribution in [3.05, 3.63) is 31.6 Å². The Morgan fingerprint density at radius 3 is 2.27 bits per heavy atom. The quantitative estimate of drug-likeness (QED) is 0.134. The summed E-state index contributed by atoms with van der Waals surface area (Å²) in [6.45, 7) is 9.80. The van der Waals surface area contributed by atoms with Crippen LogP contribution in [0.25, 0.3) is 0 Å². The number of unbranched alkanes of at least 4 members (excludes halogenated alkanes) is 2. The fourth-order valence-corrected chi connectivity index (χ4v) is 2.92. The molecule has 0 fully saturated rings. The van der Waals surface area contributed by atoms with Gasteiger partial charge in [-0.1, -0.05) is 28.4 Å². The number of halogens is 4.